The molecule has 146 valence electrons. The lowest BCUT2D eigenvalue weighted by Crippen LogP contribution is -2.27. The van der Waals surface area contributed by atoms with Crippen LogP contribution in [-0.2, 0) is 0 Å². The predicted octanol–water partition coefficient (Wildman–Crippen LogP) is 3.57. The second-order valence-electron chi connectivity index (χ2n) is 6.15. The zero-order valence-corrected chi connectivity index (χ0v) is 16.2. The zero-order valence-electron chi connectivity index (χ0n) is 15.4. The van der Waals surface area contributed by atoms with Gasteiger partial charge >= 0.3 is 0 Å². The summed E-state index contributed by atoms with van der Waals surface area (Å²) in [5.74, 6) is -0.418. The average Bonchev–Trinajstić information content (AvgIpc) is 3.05. The molecule has 9 heteroatoms. The Balaban J connectivity index is 1.84. The van der Waals surface area contributed by atoms with E-state index in [9.17, 15) is 14.3 Å². The van der Waals surface area contributed by atoms with Crippen LogP contribution in [0.4, 0.5) is 4.39 Å². The number of hydrogen-bond acceptors (Lipinski definition) is 5. The maximum absolute atomic E-state index is 13.4. The van der Waals surface area contributed by atoms with E-state index in [1.807, 2.05) is 0 Å². The number of nitrogens with zero attached hydrogens (tertiary/aromatic N) is 3. The third-order valence-corrected chi connectivity index (χ3v) is 4.60. The molecule has 0 spiro atoms. The molecule has 0 unspecified atom stereocenters. The monoisotopic (exact) mass is 404 g/mol. The molecule has 7 nitrogen and oxygen atoms in total. The van der Waals surface area contributed by atoms with Crippen LogP contribution in [-0.4, -0.2) is 33.1 Å². The summed E-state index contributed by atoms with van der Waals surface area (Å²) in [7, 11) is 1.52. The molecule has 0 aliphatic heterocycles. The predicted molar refractivity (Wildman–Crippen MR) is 102 cm³/mol. The molecule has 0 bridgehead atoms. The molecule has 2 N–H and O–H groups in total. The fourth-order valence-electron chi connectivity index (χ4n) is 2.75. The van der Waals surface area contributed by atoms with Crippen LogP contribution in [0.3, 0.4) is 0 Å². The van der Waals surface area contributed by atoms with Gasteiger partial charge in [-0.25, -0.2) is 9.07 Å². The number of carbonyl (C=O) groups excluding carboxylic acids is 1. The smallest absolute Gasteiger partial charge is 0.274 e. The minimum Gasteiger partial charge on any atom is -0.508 e. The molecule has 0 saturated heterocycles. The maximum atomic E-state index is 13.4. The maximum Gasteiger partial charge on any atom is 0.274 e. The Morgan fingerprint density at radius 3 is 2.75 bits per heavy atom. The number of phenols is 1. The number of hydrogen-bond donors (Lipinski definition) is 2. The van der Waals surface area contributed by atoms with Gasteiger partial charge in [-0.2, -0.15) is 0 Å². The number of rotatable bonds is 5. The van der Waals surface area contributed by atoms with Crippen molar-refractivity contribution in [3.8, 4) is 17.2 Å². The molecule has 2 aromatic carbocycles. The van der Waals surface area contributed by atoms with Crippen molar-refractivity contribution in [2.24, 2.45) is 0 Å². The van der Waals surface area contributed by atoms with E-state index in [0.717, 1.165) is 0 Å². The van der Waals surface area contributed by atoms with Gasteiger partial charge in [0.15, 0.2) is 5.69 Å². The first kappa shape index (κ1) is 19.6. The summed E-state index contributed by atoms with van der Waals surface area (Å²) in [5.41, 5.74) is 1.55. The molecule has 0 aliphatic rings. The van der Waals surface area contributed by atoms with Crippen LogP contribution in [0.5, 0.6) is 11.5 Å². The van der Waals surface area contributed by atoms with E-state index in [-0.39, 0.29) is 16.5 Å². The van der Waals surface area contributed by atoms with Gasteiger partial charge in [0.1, 0.15) is 17.3 Å². The van der Waals surface area contributed by atoms with Crippen molar-refractivity contribution in [3.63, 3.8) is 0 Å². The molecule has 28 heavy (non-hydrogen) atoms. The SMILES string of the molecule is COc1ccc(O)c([C@@H](C)NC(=O)c2nnn(-c3ccc(F)c(Cl)c3)c2C)c1. The largest absolute Gasteiger partial charge is 0.508 e. The van der Waals surface area contributed by atoms with E-state index < -0.39 is 17.8 Å². The van der Waals surface area contributed by atoms with Gasteiger partial charge in [0.2, 0.25) is 0 Å². The first-order valence-corrected chi connectivity index (χ1v) is 8.75. The fraction of sp³-hybridized carbons (Fsp3) is 0.211. The van der Waals surface area contributed by atoms with Crippen LogP contribution >= 0.6 is 11.6 Å². The van der Waals surface area contributed by atoms with Gasteiger partial charge in [0.05, 0.1) is 29.6 Å². The first-order chi connectivity index (χ1) is 13.3. The lowest BCUT2D eigenvalue weighted by atomic mass is 10.1. The molecule has 1 aromatic heterocycles. The number of halogens is 2. The van der Waals surface area contributed by atoms with Crippen LogP contribution in [0, 0.1) is 12.7 Å². The van der Waals surface area contributed by atoms with Gasteiger partial charge in [-0.1, -0.05) is 16.8 Å². The van der Waals surface area contributed by atoms with E-state index in [0.29, 0.717) is 22.7 Å². The highest BCUT2D eigenvalue weighted by Gasteiger charge is 2.21. The highest BCUT2D eigenvalue weighted by atomic mass is 35.5. The van der Waals surface area contributed by atoms with Crippen molar-refractivity contribution in [1.82, 2.24) is 20.3 Å². The molecule has 3 rings (SSSR count). The van der Waals surface area contributed by atoms with Crippen LogP contribution in [0.15, 0.2) is 36.4 Å². The summed E-state index contributed by atoms with van der Waals surface area (Å²) in [6, 6.07) is 8.36. The normalized spacial score (nSPS) is 11.9. The Morgan fingerprint density at radius 2 is 2.07 bits per heavy atom. The van der Waals surface area contributed by atoms with Crippen molar-refractivity contribution in [2.45, 2.75) is 19.9 Å². The van der Waals surface area contributed by atoms with Gasteiger partial charge in [0.25, 0.3) is 5.91 Å². The Labute approximate surface area is 165 Å². The summed E-state index contributed by atoms with van der Waals surface area (Å²) in [4.78, 5) is 12.7. The number of aromatic hydroxyl groups is 1. The Kier molecular flexibility index (Phi) is 5.51. The second kappa shape index (κ2) is 7.85. The van der Waals surface area contributed by atoms with Crippen molar-refractivity contribution >= 4 is 17.5 Å². The number of ether oxygens (including phenoxy) is 1. The molecule has 0 fully saturated rings. The fourth-order valence-corrected chi connectivity index (χ4v) is 2.92. The number of benzene rings is 2. The minimum absolute atomic E-state index is 0.0370. The quantitative estimate of drug-likeness (QED) is 0.678. The minimum atomic E-state index is -0.548. The van der Waals surface area contributed by atoms with Gasteiger partial charge < -0.3 is 15.2 Å². The number of amides is 1. The second-order valence-corrected chi connectivity index (χ2v) is 6.56. The van der Waals surface area contributed by atoms with E-state index >= 15 is 0 Å². The Morgan fingerprint density at radius 1 is 1.32 bits per heavy atom. The van der Waals surface area contributed by atoms with Crippen LogP contribution in [0.1, 0.15) is 34.7 Å². The molecular formula is C19H18ClFN4O3. The molecule has 0 saturated carbocycles. The number of phenolic OH excluding ortho intramolecular Hbond substituents is 1. The molecule has 1 atom stereocenters. The average molecular weight is 405 g/mol. The van der Waals surface area contributed by atoms with Crippen molar-refractivity contribution in [2.75, 3.05) is 7.11 Å². The van der Waals surface area contributed by atoms with Crippen molar-refractivity contribution in [1.29, 1.82) is 0 Å². The van der Waals surface area contributed by atoms with Crippen LogP contribution in [0.2, 0.25) is 5.02 Å². The molecular weight excluding hydrogens is 387 g/mol. The van der Waals surface area contributed by atoms with Gasteiger partial charge in [-0.15, -0.1) is 5.10 Å². The topological polar surface area (TPSA) is 89.3 Å². The van der Waals surface area contributed by atoms with Crippen LogP contribution < -0.4 is 10.1 Å². The number of nitrogens with one attached hydrogen (secondary N) is 1. The number of aromatic nitrogens is 3. The first-order valence-electron chi connectivity index (χ1n) is 8.37. The lowest BCUT2D eigenvalue weighted by molar-refractivity contribution is 0.0933. The molecule has 1 amide bonds. The Hall–Kier alpha value is -3.13. The van der Waals surface area contributed by atoms with Gasteiger partial charge in [-0.05, 0) is 50.2 Å². The third-order valence-electron chi connectivity index (χ3n) is 4.31. The van der Waals surface area contributed by atoms with Crippen molar-refractivity contribution < 1.29 is 19.0 Å². The third kappa shape index (κ3) is 3.77. The van der Waals surface area contributed by atoms with E-state index in [4.69, 9.17) is 16.3 Å². The summed E-state index contributed by atoms with van der Waals surface area (Å²) < 4.78 is 19.9. The number of methoxy groups -OCH3 is 1. The summed E-state index contributed by atoms with van der Waals surface area (Å²) in [6.07, 6.45) is 0. The van der Waals surface area contributed by atoms with Gasteiger partial charge in [-0.3, -0.25) is 4.79 Å². The molecule has 0 radical (unpaired) electrons. The summed E-state index contributed by atoms with van der Waals surface area (Å²) in [6.45, 7) is 3.39. The lowest BCUT2D eigenvalue weighted by Gasteiger charge is -2.16. The number of carbonyl (C=O) groups is 1. The Bertz CT molecular complexity index is 1040. The highest BCUT2D eigenvalue weighted by molar-refractivity contribution is 6.30. The highest BCUT2D eigenvalue weighted by Crippen LogP contribution is 2.28. The van der Waals surface area contributed by atoms with Gasteiger partial charge in [0, 0.05) is 5.56 Å². The summed E-state index contributed by atoms with van der Waals surface area (Å²) in [5, 5.41) is 20.7. The summed E-state index contributed by atoms with van der Waals surface area (Å²) >= 11 is 5.81. The van der Waals surface area contributed by atoms with Crippen LogP contribution in [0.25, 0.3) is 5.69 Å². The van der Waals surface area contributed by atoms with E-state index in [1.165, 1.54) is 36.1 Å². The molecule has 1 heterocycles. The van der Waals surface area contributed by atoms with E-state index in [2.05, 4.69) is 15.6 Å². The zero-order chi connectivity index (χ0) is 20.4. The van der Waals surface area contributed by atoms with E-state index in [1.54, 1.807) is 26.0 Å². The standard InChI is InChI=1S/C19H18ClFN4O3/c1-10(14-9-13(28-3)5-7-17(14)26)22-19(27)18-11(2)25(24-23-18)12-4-6-16(21)15(20)8-12/h4-10,26H,1-3H3,(H,22,27)/t10-/m1/s1. The molecule has 0 aliphatic carbocycles. The molecule has 3 aromatic rings. The van der Waals surface area contributed by atoms with Crippen molar-refractivity contribution in [3.05, 3.63) is 64.2 Å².